The van der Waals surface area contributed by atoms with Crippen LogP contribution in [0, 0.1) is 0 Å². The lowest BCUT2D eigenvalue weighted by atomic mass is 10.00. The first-order valence-corrected chi connectivity index (χ1v) is 6.18. The smallest absolute Gasteiger partial charge is 0.150 e. The average molecular weight is 221 g/mol. The lowest BCUT2D eigenvalue weighted by Crippen LogP contribution is -2.18. The second-order valence-corrected chi connectivity index (χ2v) is 5.04. The first-order chi connectivity index (χ1) is 7.18. The summed E-state index contributed by atoms with van der Waals surface area (Å²) in [5, 5.41) is 0. The molecule has 1 aromatic rings. The molecule has 0 aromatic heterocycles. The van der Waals surface area contributed by atoms with Crippen LogP contribution in [-0.2, 0) is 11.2 Å². The normalized spacial score (nSPS) is 16.9. The maximum atomic E-state index is 11.2. The van der Waals surface area contributed by atoms with Crippen molar-refractivity contribution in [1.29, 1.82) is 0 Å². The fraction of sp³-hybridized carbons (Fsp3) is 0.417. The quantitative estimate of drug-likeness (QED) is 0.833. The standard InChI is InChI=1S/C12H15NOS/c1-8(14)12(13)10-4-5-11-9(7-10)3-2-6-15-11/h4-5,7,12H,2-3,6,13H2,1H3. The second kappa shape index (κ2) is 4.37. The van der Waals surface area contributed by atoms with Gasteiger partial charge in [0.2, 0.25) is 0 Å². The van der Waals surface area contributed by atoms with Crippen LogP contribution in [0.2, 0.25) is 0 Å². The Kier molecular flexibility index (Phi) is 3.12. The van der Waals surface area contributed by atoms with Gasteiger partial charge >= 0.3 is 0 Å². The largest absolute Gasteiger partial charge is 0.318 e. The maximum absolute atomic E-state index is 11.2. The summed E-state index contributed by atoms with van der Waals surface area (Å²) in [5.74, 6) is 1.23. The van der Waals surface area contributed by atoms with Crippen molar-refractivity contribution in [3.05, 3.63) is 29.3 Å². The van der Waals surface area contributed by atoms with E-state index in [4.69, 9.17) is 5.73 Å². The molecule has 0 amide bonds. The molecule has 1 aromatic carbocycles. The number of hydrogen-bond acceptors (Lipinski definition) is 3. The number of thioether (sulfide) groups is 1. The van der Waals surface area contributed by atoms with Crippen LogP contribution >= 0.6 is 11.8 Å². The highest BCUT2D eigenvalue weighted by molar-refractivity contribution is 7.99. The summed E-state index contributed by atoms with van der Waals surface area (Å²) in [6.45, 7) is 1.54. The van der Waals surface area contributed by atoms with Gasteiger partial charge in [0.05, 0.1) is 6.04 Å². The molecule has 0 fully saturated rings. The van der Waals surface area contributed by atoms with Gasteiger partial charge < -0.3 is 5.73 Å². The van der Waals surface area contributed by atoms with E-state index < -0.39 is 6.04 Å². The predicted molar refractivity (Wildman–Crippen MR) is 63.1 cm³/mol. The third-order valence-corrected chi connectivity index (χ3v) is 3.93. The van der Waals surface area contributed by atoms with Gasteiger partial charge in [-0.25, -0.2) is 0 Å². The molecule has 0 bridgehead atoms. The predicted octanol–water partition coefficient (Wildman–Crippen LogP) is 2.31. The van der Waals surface area contributed by atoms with Crippen LogP contribution in [0.25, 0.3) is 0 Å². The lowest BCUT2D eigenvalue weighted by Gasteiger charge is -2.17. The highest BCUT2D eigenvalue weighted by Crippen LogP contribution is 2.31. The highest BCUT2D eigenvalue weighted by atomic mass is 32.2. The maximum Gasteiger partial charge on any atom is 0.150 e. The van der Waals surface area contributed by atoms with E-state index in [1.54, 1.807) is 6.92 Å². The summed E-state index contributed by atoms with van der Waals surface area (Å²) in [6, 6.07) is 5.70. The van der Waals surface area contributed by atoms with E-state index in [9.17, 15) is 4.79 Å². The molecular weight excluding hydrogens is 206 g/mol. The number of hydrogen-bond donors (Lipinski definition) is 1. The third kappa shape index (κ3) is 2.24. The van der Waals surface area contributed by atoms with Crippen LogP contribution in [0.15, 0.2) is 23.1 Å². The fourth-order valence-electron chi connectivity index (χ4n) is 1.81. The molecule has 3 heteroatoms. The van der Waals surface area contributed by atoms with E-state index in [-0.39, 0.29) is 5.78 Å². The first kappa shape index (κ1) is 10.7. The summed E-state index contributed by atoms with van der Waals surface area (Å²) in [7, 11) is 0. The van der Waals surface area contributed by atoms with Crippen molar-refractivity contribution in [2.24, 2.45) is 5.73 Å². The molecule has 80 valence electrons. The zero-order valence-corrected chi connectivity index (χ0v) is 9.64. The van der Waals surface area contributed by atoms with Gasteiger partial charge in [-0.3, -0.25) is 4.79 Å². The number of aryl methyl sites for hydroxylation is 1. The molecule has 0 saturated heterocycles. The SMILES string of the molecule is CC(=O)C(N)c1ccc2c(c1)CCCS2. The summed E-state index contributed by atoms with van der Waals surface area (Å²) < 4.78 is 0. The number of rotatable bonds is 2. The Labute approximate surface area is 94.2 Å². The van der Waals surface area contributed by atoms with Crippen molar-refractivity contribution in [2.45, 2.75) is 30.7 Å². The first-order valence-electron chi connectivity index (χ1n) is 5.20. The van der Waals surface area contributed by atoms with E-state index in [1.807, 2.05) is 17.8 Å². The summed E-state index contributed by atoms with van der Waals surface area (Å²) in [4.78, 5) is 12.5. The zero-order chi connectivity index (χ0) is 10.8. The molecule has 15 heavy (non-hydrogen) atoms. The lowest BCUT2D eigenvalue weighted by molar-refractivity contribution is -0.118. The topological polar surface area (TPSA) is 43.1 Å². The number of carbonyl (C=O) groups is 1. The van der Waals surface area contributed by atoms with Gasteiger partial charge in [0.25, 0.3) is 0 Å². The molecule has 2 N–H and O–H groups in total. The molecule has 1 aliphatic rings. The Hall–Kier alpha value is -0.800. The molecule has 0 radical (unpaired) electrons. The molecule has 0 spiro atoms. The Bertz CT molecular complexity index is 389. The summed E-state index contributed by atoms with van der Waals surface area (Å²) >= 11 is 1.89. The van der Waals surface area contributed by atoms with Crippen molar-refractivity contribution in [1.82, 2.24) is 0 Å². The molecule has 0 saturated carbocycles. The third-order valence-electron chi connectivity index (χ3n) is 2.73. The van der Waals surface area contributed by atoms with Gasteiger partial charge in [0, 0.05) is 4.90 Å². The Morgan fingerprint density at radius 1 is 1.53 bits per heavy atom. The van der Waals surface area contributed by atoms with Gasteiger partial charge in [-0.2, -0.15) is 0 Å². The van der Waals surface area contributed by atoms with Crippen LogP contribution in [0.3, 0.4) is 0 Å². The van der Waals surface area contributed by atoms with Crippen LogP contribution in [0.5, 0.6) is 0 Å². The average Bonchev–Trinajstić information content (AvgIpc) is 2.27. The fourth-order valence-corrected chi connectivity index (χ4v) is 2.83. The molecule has 1 heterocycles. The minimum Gasteiger partial charge on any atom is -0.318 e. The van der Waals surface area contributed by atoms with E-state index in [1.165, 1.54) is 22.6 Å². The monoisotopic (exact) mass is 221 g/mol. The van der Waals surface area contributed by atoms with E-state index in [0.717, 1.165) is 12.0 Å². The summed E-state index contributed by atoms with van der Waals surface area (Å²) in [6.07, 6.45) is 2.33. The summed E-state index contributed by atoms with van der Waals surface area (Å²) in [5.41, 5.74) is 8.11. The van der Waals surface area contributed by atoms with Crippen LogP contribution in [0.4, 0.5) is 0 Å². The Morgan fingerprint density at radius 3 is 3.07 bits per heavy atom. The minimum atomic E-state index is -0.456. The van der Waals surface area contributed by atoms with Crippen molar-refractivity contribution in [2.75, 3.05) is 5.75 Å². The van der Waals surface area contributed by atoms with Crippen LogP contribution in [0.1, 0.15) is 30.5 Å². The molecule has 1 aliphatic heterocycles. The number of Topliss-reactive ketones (excluding diaryl/α,β-unsaturated/α-hetero) is 1. The number of carbonyl (C=O) groups excluding carboxylic acids is 1. The number of fused-ring (bicyclic) bond motifs is 1. The van der Waals surface area contributed by atoms with Gasteiger partial charge in [0.15, 0.2) is 5.78 Å². The van der Waals surface area contributed by atoms with Crippen molar-refractivity contribution < 1.29 is 4.79 Å². The van der Waals surface area contributed by atoms with Crippen molar-refractivity contribution in [3.63, 3.8) is 0 Å². The van der Waals surface area contributed by atoms with Crippen molar-refractivity contribution in [3.8, 4) is 0 Å². The molecule has 1 atom stereocenters. The van der Waals surface area contributed by atoms with Crippen LogP contribution in [-0.4, -0.2) is 11.5 Å². The van der Waals surface area contributed by atoms with E-state index in [2.05, 4.69) is 12.1 Å². The molecular formula is C12H15NOS. The van der Waals surface area contributed by atoms with Gasteiger partial charge in [-0.1, -0.05) is 12.1 Å². The Morgan fingerprint density at radius 2 is 2.33 bits per heavy atom. The zero-order valence-electron chi connectivity index (χ0n) is 8.82. The van der Waals surface area contributed by atoms with Gasteiger partial charge in [-0.05, 0) is 42.7 Å². The van der Waals surface area contributed by atoms with Crippen molar-refractivity contribution >= 4 is 17.5 Å². The van der Waals surface area contributed by atoms with Gasteiger partial charge in [0.1, 0.15) is 0 Å². The number of benzene rings is 1. The molecule has 1 unspecified atom stereocenters. The van der Waals surface area contributed by atoms with E-state index in [0.29, 0.717) is 0 Å². The molecule has 0 aliphatic carbocycles. The molecule has 2 rings (SSSR count). The Balaban J connectivity index is 2.31. The minimum absolute atomic E-state index is 0.0263. The van der Waals surface area contributed by atoms with Gasteiger partial charge in [-0.15, -0.1) is 11.8 Å². The number of ketones is 1. The molecule has 2 nitrogen and oxygen atoms in total. The van der Waals surface area contributed by atoms with E-state index >= 15 is 0 Å². The van der Waals surface area contributed by atoms with Crippen LogP contribution < -0.4 is 5.73 Å². The highest BCUT2D eigenvalue weighted by Gasteiger charge is 2.15. The second-order valence-electron chi connectivity index (χ2n) is 3.91. The number of nitrogens with two attached hydrogens (primary N) is 1.